The zero-order valence-corrected chi connectivity index (χ0v) is 34.9. The van der Waals surface area contributed by atoms with Crippen molar-refractivity contribution in [3.63, 3.8) is 0 Å². The molecule has 0 saturated carbocycles. The van der Waals surface area contributed by atoms with Crippen molar-refractivity contribution in [1.82, 2.24) is 0 Å². The maximum absolute atomic E-state index is 6.19. The number of hydrogen-bond acceptors (Lipinski definition) is 4. The standard InChI is InChI=1S/C57H40N2OS/c1-35-16-10-11-21-42(35)49-33-40(41-29-31-53-50(34-41)45-22-12-13-27-52(45)60-53)28-30-43(49)37(3)44-23-14-24-46-47-25-15-26-48(56(47)61-55(44)46)51-32-36(2)54(38-17-6-4-7-18-38)59-57(58-51)39-19-8-5-9-20-39/h4-31,33-34,37H,1-3H3. The van der Waals surface area contributed by atoms with E-state index in [1.807, 2.05) is 47.7 Å². The molecule has 0 fully saturated rings. The van der Waals surface area contributed by atoms with Crippen molar-refractivity contribution >= 4 is 70.7 Å². The van der Waals surface area contributed by atoms with Crippen molar-refractivity contribution in [2.75, 3.05) is 0 Å². The van der Waals surface area contributed by atoms with E-state index in [0.29, 0.717) is 5.84 Å². The molecule has 11 rings (SSSR count). The van der Waals surface area contributed by atoms with E-state index in [-0.39, 0.29) is 5.92 Å². The second-order valence-electron chi connectivity index (χ2n) is 15.9. The molecule has 0 amide bonds. The zero-order chi connectivity index (χ0) is 41.0. The van der Waals surface area contributed by atoms with Crippen LogP contribution in [-0.4, -0.2) is 11.5 Å². The maximum Gasteiger partial charge on any atom is 0.161 e. The van der Waals surface area contributed by atoms with Crippen LogP contribution in [0.15, 0.2) is 208 Å². The molecule has 1 unspecified atom stereocenters. The summed E-state index contributed by atoms with van der Waals surface area (Å²) in [5, 5.41) is 4.75. The predicted molar refractivity (Wildman–Crippen MR) is 258 cm³/mol. The van der Waals surface area contributed by atoms with Gasteiger partial charge >= 0.3 is 0 Å². The van der Waals surface area contributed by atoms with E-state index >= 15 is 0 Å². The Morgan fingerprint density at radius 2 is 1.11 bits per heavy atom. The molecule has 0 saturated heterocycles. The number of amidine groups is 1. The van der Waals surface area contributed by atoms with Crippen LogP contribution in [0, 0.1) is 6.92 Å². The average Bonchev–Trinajstić information content (AvgIpc) is 3.83. The molecule has 1 atom stereocenters. The Kier molecular flexibility index (Phi) is 9.04. The summed E-state index contributed by atoms with van der Waals surface area (Å²) in [6, 6.07) is 64.7. The van der Waals surface area contributed by atoms with Gasteiger partial charge in [0, 0.05) is 59.1 Å². The van der Waals surface area contributed by atoms with Crippen LogP contribution in [0.5, 0.6) is 0 Å². The number of benzene rings is 8. The molecule has 10 aromatic rings. The highest BCUT2D eigenvalue weighted by molar-refractivity contribution is 7.26. The predicted octanol–water partition coefficient (Wildman–Crippen LogP) is 15.6. The normalized spacial score (nSPS) is 13.6. The zero-order valence-electron chi connectivity index (χ0n) is 34.1. The molecule has 3 nitrogen and oxygen atoms in total. The SMILES string of the molecule is CC1=C=C(c2cccc3c2sc2c(C(C)c4ccc(-c5ccc6oc7ccccc7c6c5)cc4-c4ccccc4C)cccc23)N=C(c2ccccc2)N=C1c1ccccc1. The van der Waals surface area contributed by atoms with Gasteiger partial charge < -0.3 is 4.42 Å². The molecule has 0 N–H and O–H groups in total. The molecular formula is C57H40N2OS. The van der Waals surface area contributed by atoms with Crippen molar-refractivity contribution in [3.8, 4) is 22.3 Å². The number of hydrogen-bond donors (Lipinski definition) is 0. The van der Waals surface area contributed by atoms with Gasteiger partial charge in [0.2, 0.25) is 0 Å². The second kappa shape index (κ2) is 15.0. The molecule has 1 aliphatic heterocycles. The highest BCUT2D eigenvalue weighted by Crippen LogP contribution is 2.45. The van der Waals surface area contributed by atoms with Crippen molar-refractivity contribution in [2.45, 2.75) is 26.7 Å². The molecule has 4 heteroatoms. The highest BCUT2D eigenvalue weighted by atomic mass is 32.1. The van der Waals surface area contributed by atoms with Gasteiger partial charge in [-0.05, 0) is 77.1 Å². The van der Waals surface area contributed by atoms with E-state index in [1.54, 1.807) is 0 Å². The number of para-hydroxylation sites is 1. The summed E-state index contributed by atoms with van der Waals surface area (Å²) in [4.78, 5) is 10.5. The summed E-state index contributed by atoms with van der Waals surface area (Å²) in [6.45, 7) is 6.67. The van der Waals surface area contributed by atoms with E-state index in [1.165, 1.54) is 59.1 Å². The largest absolute Gasteiger partial charge is 0.456 e. The molecule has 0 spiro atoms. The number of rotatable bonds is 7. The third-order valence-electron chi connectivity index (χ3n) is 12.1. The third kappa shape index (κ3) is 6.45. The number of aryl methyl sites for hydroxylation is 1. The first kappa shape index (κ1) is 36.7. The van der Waals surface area contributed by atoms with E-state index in [4.69, 9.17) is 14.4 Å². The lowest BCUT2D eigenvalue weighted by molar-refractivity contribution is 0.669. The lowest BCUT2D eigenvalue weighted by atomic mass is 9.84. The molecule has 61 heavy (non-hydrogen) atoms. The molecule has 0 bridgehead atoms. The lowest BCUT2D eigenvalue weighted by Crippen LogP contribution is -2.06. The number of fused-ring (bicyclic) bond motifs is 6. The first-order chi connectivity index (χ1) is 30.0. The topological polar surface area (TPSA) is 37.9 Å². The first-order valence-electron chi connectivity index (χ1n) is 20.8. The number of aliphatic imine (C=N–C) groups is 2. The quantitative estimate of drug-likeness (QED) is 0.148. The van der Waals surface area contributed by atoms with Crippen molar-refractivity contribution in [2.24, 2.45) is 9.98 Å². The summed E-state index contributed by atoms with van der Waals surface area (Å²) in [5.74, 6) is 0.782. The molecule has 0 aliphatic carbocycles. The van der Waals surface area contributed by atoms with Gasteiger partial charge in [0.25, 0.3) is 0 Å². The fourth-order valence-corrected chi connectivity index (χ4v) is 10.4. The molecule has 0 radical (unpaired) electrons. The smallest absolute Gasteiger partial charge is 0.161 e. The number of allylic oxidation sites excluding steroid dienone is 1. The van der Waals surface area contributed by atoms with Crippen molar-refractivity contribution in [1.29, 1.82) is 0 Å². The minimum atomic E-state index is 0.105. The van der Waals surface area contributed by atoms with Crippen LogP contribution in [0.3, 0.4) is 0 Å². The van der Waals surface area contributed by atoms with Gasteiger partial charge in [0.15, 0.2) is 5.84 Å². The fraction of sp³-hybridized carbons (Fsp3) is 0.0702. The van der Waals surface area contributed by atoms with Crippen molar-refractivity contribution in [3.05, 3.63) is 227 Å². The fourth-order valence-electron chi connectivity index (χ4n) is 8.97. The number of thiophene rings is 1. The van der Waals surface area contributed by atoms with E-state index in [2.05, 4.69) is 172 Å². The van der Waals surface area contributed by atoms with Gasteiger partial charge in [-0.15, -0.1) is 11.3 Å². The van der Waals surface area contributed by atoms with Gasteiger partial charge in [-0.3, -0.25) is 0 Å². The minimum absolute atomic E-state index is 0.105. The summed E-state index contributed by atoms with van der Waals surface area (Å²) < 4.78 is 8.68. The molecule has 8 aromatic carbocycles. The summed E-state index contributed by atoms with van der Waals surface area (Å²) in [6.07, 6.45) is 0. The Hall–Kier alpha value is -7.36. The van der Waals surface area contributed by atoms with Crippen LogP contribution < -0.4 is 0 Å². The van der Waals surface area contributed by atoms with Crippen molar-refractivity contribution < 1.29 is 4.42 Å². The highest BCUT2D eigenvalue weighted by Gasteiger charge is 2.23. The third-order valence-corrected chi connectivity index (χ3v) is 13.4. The Morgan fingerprint density at radius 3 is 1.93 bits per heavy atom. The van der Waals surface area contributed by atoms with Gasteiger partial charge in [-0.25, -0.2) is 9.98 Å². The number of furan rings is 1. The van der Waals surface area contributed by atoms with E-state index in [9.17, 15) is 0 Å². The van der Waals surface area contributed by atoms with Gasteiger partial charge in [0.05, 0.1) is 5.71 Å². The van der Waals surface area contributed by atoms with Crippen LogP contribution in [-0.2, 0) is 0 Å². The minimum Gasteiger partial charge on any atom is -0.456 e. The summed E-state index contributed by atoms with van der Waals surface area (Å²) >= 11 is 1.86. The summed E-state index contributed by atoms with van der Waals surface area (Å²) in [7, 11) is 0. The Morgan fingerprint density at radius 1 is 0.475 bits per heavy atom. The van der Waals surface area contributed by atoms with Crippen LogP contribution >= 0.6 is 11.3 Å². The molecular weight excluding hydrogens is 761 g/mol. The van der Waals surface area contributed by atoms with Crippen LogP contribution in [0.4, 0.5) is 0 Å². The van der Waals surface area contributed by atoms with Crippen LogP contribution in [0.1, 0.15) is 53.1 Å². The Bertz CT molecular complexity index is 3490. The first-order valence-corrected chi connectivity index (χ1v) is 21.6. The lowest BCUT2D eigenvalue weighted by Gasteiger charge is -2.20. The molecule has 1 aliphatic rings. The Balaban J connectivity index is 1.06. The summed E-state index contributed by atoms with van der Waals surface area (Å²) in [5.41, 5.74) is 19.9. The van der Waals surface area contributed by atoms with Gasteiger partial charge in [-0.1, -0.05) is 170 Å². The van der Waals surface area contributed by atoms with Gasteiger partial charge in [0.1, 0.15) is 16.9 Å². The maximum atomic E-state index is 6.19. The second-order valence-corrected chi connectivity index (χ2v) is 16.9. The van der Waals surface area contributed by atoms with E-state index < -0.39 is 0 Å². The average molecular weight is 801 g/mol. The molecule has 2 aromatic heterocycles. The van der Waals surface area contributed by atoms with Crippen LogP contribution in [0.25, 0.3) is 70.1 Å². The molecule has 3 heterocycles. The molecule has 290 valence electrons. The monoisotopic (exact) mass is 800 g/mol. The number of nitrogens with zero attached hydrogens (tertiary/aromatic N) is 2. The van der Waals surface area contributed by atoms with E-state index in [0.717, 1.165) is 55.6 Å². The van der Waals surface area contributed by atoms with Gasteiger partial charge in [-0.2, -0.15) is 0 Å². The Labute approximate surface area is 359 Å². The van der Waals surface area contributed by atoms with Crippen LogP contribution in [0.2, 0.25) is 0 Å².